The molecule has 4 rings (SSSR count). The van der Waals surface area contributed by atoms with Gasteiger partial charge < -0.3 is 19.3 Å². The second-order valence-corrected chi connectivity index (χ2v) is 9.13. The van der Waals surface area contributed by atoms with Crippen LogP contribution < -0.4 is 14.4 Å². The van der Waals surface area contributed by atoms with Gasteiger partial charge in [0.25, 0.3) is 5.91 Å². The van der Waals surface area contributed by atoms with E-state index in [2.05, 4.69) is 36.6 Å². The predicted molar refractivity (Wildman–Crippen MR) is 132 cm³/mol. The molecule has 1 atom stereocenters. The molecule has 6 heteroatoms. The highest BCUT2D eigenvalue weighted by Crippen LogP contribution is 2.40. The molecule has 2 aromatic carbocycles. The van der Waals surface area contributed by atoms with Gasteiger partial charge in [-0.25, -0.2) is 0 Å². The molecule has 2 aromatic rings. The standard InChI is InChI=1S/C27H36N3O3/c1-6-8-23(20-11-12-25(32-4)26(17-20)33-5)30-18-22-21(27(30)31)9-7-10-24(22)29-15-13-28(14-16-29)19(2)3/h7,9-12,17,19,23H,1,6,8,13-16,18H2,2-5H3/t23-/m1/s1. The molecule has 1 saturated heterocycles. The van der Waals surface area contributed by atoms with Crippen molar-refractivity contribution in [1.82, 2.24) is 9.80 Å². The number of carbonyl (C=O) groups excluding carboxylic acids is 1. The van der Waals surface area contributed by atoms with E-state index in [1.54, 1.807) is 14.2 Å². The molecule has 6 nitrogen and oxygen atoms in total. The van der Waals surface area contributed by atoms with Gasteiger partial charge in [-0.3, -0.25) is 9.69 Å². The Bertz CT molecular complexity index is 983. The first kappa shape index (κ1) is 23.4. The molecule has 2 aliphatic rings. The molecule has 0 aliphatic carbocycles. The average molecular weight is 451 g/mol. The Kier molecular flexibility index (Phi) is 7.13. The van der Waals surface area contributed by atoms with Crippen LogP contribution in [0.25, 0.3) is 0 Å². The molecule has 0 saturated carbocycles. The van der Waals surface area contributed by atoms with Gasteiger partial charge in [-0.05, 0) is 50.1 Å². The molecule has 1 amide bonds. The second kappa shape index (κ2) is 10.0. The molecular formula is C27H36N3O3. The molecule has 177 valence electrons. The molecule has 2 heterocycles. The van der Waals surface area contributed by atoms with Crippen LogP contribution in [0.15, 0.2) is 36.4 Å². The number of fused-ring (bicyclic) bond motifs is 1. The highest BCUT2D eigenvalue weighted by Gasteiger charge is 2.36. The lowest BCUT2D eigenvalue weighted by atomic mass is 10.00. The lowest BCUT2D eigenvalue weighted by Crippen LogP contribution is -2.49. The molecule has 1 fully saturated rings. The van der Waals surface area contributed by atoms with E-state index in [1.165, 1.54) is 5.69 Å². The van der Waals surface area contributed by atoms with E-state index in [1.807, 2.05) is 35.2 Å². The van der Waals surface area contributed by atoms with Gasteiger partial charge in [0.2, 0.25) is 0 Å². The monoisotopic (exact) mass is 450 g/mol. The quantitative estimate of drug-likeness (QED) is 0.591. The van der Waals surface area contributed by atoms with Gasteiger partial charge in [-0.1, -0.05) is 25.5 Å². The van der Waals surface area contributed by atoms with E-state index in [4.69, 9.17) is 9.47 Å². The molecule has 1 radical (unpaired) electrons. The van der Waals surface area contributed by atoms with Crippen LogP contribution in [-0.4, -0.2) is 62.1 Å². The summed E-state index contributed by atoms with van der Waals surface area (Å²) in [5.74, 6) is 1.46. The number of amides is 1. The van der Waals surface area contributed by atoms with E-state index < -0.39 is 0 Å². The fraction of sp³-hybridized carbons (Fsp3) is 0.481. The van der Waals surface area contributed by atoms with Crippen LogP contribution in [0, 0.1) is 6.92 Å². The Labute approximate surface area is 198 Å². The normalized spacial score (nSPS) is 17.5. The van der Waals surface area contributed by atoms with Crippen LogP contribution in [0.1, 0.15) is 54.2 Å². The topological polar surface area (TPSA) is 45.3 Å². The van der Waals surface area contributed by atoms with Gasteiger partial charge in [0, 0.05) is 55.6 Å². The van der Waals surface area contributed by atoms with Crippen LogP contribution in [0.3, 0.4) is 0 Å². The van der Waals surface area contributed by atoms with Gasteiger partial charge in [-0.15, -0.1) is 0 Å². The summed E-state index contributed by atoms with van der Waals surface area (Å²) in [4.78, 5) is 20.5. The van der Waals surface area contributed by atoms with Crippen molar-refractivity contribution >= 4 is 11.6 Å². The molecule has 0 aromatic heterocycles. The third kappa shape index (κ3) is 4.54. The summed E-state index contributed by atoms with van der Waals surface area (Å²) in [5.41, 5.74) is 4.22. The fourth-order valence-corrected chi connectivity index (χ4v) is 5.12. The lowest BCUT2D eigenvalue weighted by molar-refractivity contribution is 0.0692. The molecule has 0 unspecified atom stereocenters. The number of benzene rings is 2. The summed E-state index contributed by atoms with van der Waals surface area (Å²) in [6, 6.07) is 12.6. The summed E-state index contributed by atoms with van der Waals surface area (Å²) in [6.07, 6.45) is 1.53. The summed E-state index contributed by atoms with van der Waals surface area (Å²) in [6.45, 7) is 13.3. The molecule has 2 aliphatic heterocycles. The zero-order valence-corrected chi connectivity index (χ0v) is 20.3. The fourth-order valence-electron chi connectivity index (χ4n) is 5.12. The number of anilines is 1. The summed E-state index contributed by atoms with van der Waals surface area (Å²) in [5, 5.41) is 0. The molecule has 33 heavy (non-hydrogen) atoms. The van der Waals surface area contributed by atoms with Gasteiger partial charge in [0.05, 0.1) is 20.3 Å². The largest absolute Gasteiger partial charge is 0.493 e. The molecule has 0 spiro atoms. The van der Waals surface area contributed by atoms with Crippen LogP contribution in [0.5, 0.6) is 11.5 Å². The number of methoxy groups -OCH3 is 2. The maximum Gasteiger partial charge on any atom is 0.255 e. The Balaban J connectivity index is 1.61. The summed E-state index contributed by atoms with van der Waals surface area (Å²) >= 11 is 0. The predicted octanol–water partition coefficient (Wildman–Crippen LogP) is 4.55. The van der Waals surface area contributed by atoms with Crippen molar-refractivity contribution in [3.8, 4) is 11.5 Å². The highest BCUT2D eigenvalue weighted by molar-refractivity contribution is 6.00. The first-order valence-corrected chi connectivity index (χ1v) is 11.9. The summed E-state index contributed by atoms with van der Waals surface area (Å²) in [7, 11) is 3.27. The number of carbonyl (C=O) groups is 1. The van der Waals surface area contributed by atoms with Gasteiger partial charge in [0.1, 0.15) is 0 Å². The van der Waals surface area contributed by atoms with Crippen molar-refractivity contribution in [1.29, 1.82) is 0 Å². The first-order chi connectivity index (χ1) is 16.0. The number of hydrogen-bond donors (Lipinski definition) is 0. The molecular weight excluding hydrogens is 414 g/mol. The second-order valence-electron chi connectivity index (χ2n) is 9.13. The third-order valence-corrected chi connectivity index (χ3v) is 7.00. The van der Waals surface area contributed by atoms with Gasteiger partial charge in [-0.2, -0.15) is 0 Å². The SMILES string of the molecule is [CH2]CC[C@H](c1ccc(OC)c(OC)c1)N1Cc2c(cccc2N2CCN(C(C)C)CC2)C1=O. The zero-order chi connectivity index (χ0) is 23.5. The smallest absolute Gasteiger partial charge is 0.255 e. The van der Waals surface area contributed by atoms with E-state index >= 15 is 0 Å². The average Bonchev–Trinajstić information content (AvgIpc) is 3.18. The third-order valence-electron chi connectivity index (χ3n) is 7.00. The van der Waals surface area contributed by atoms with E-state index in [0.717, 1.165) is 55.7 Å². The van der Waals surface area contributed by atoms with Crippen LogP contribution in [-0.2, 0) is 6.54 Å². The number of hydrogen-bond acceptors (Lipinski definition) is 5. The van der Waals surface area contributed by atoms with Gasteiger partial charge in [0.15, 0.2) is 11.5 Å². The van der Waals surface area contributed by atoms with Crippen molar-refractivity contribution in [3.05, 3.63) is 60.0 Å². The minimum atomic E-state index is -0.0622. The Morgan fingerprint density at radius 1 is 1.00 bits per heavy atom. The minimum absolute atomic E-state index is 0.0622. The minimum Gasteiger partial charge on any atom is -0.493 e. The van der Waals surface area contributed by atoms with Crippen LogP contribution >= 0.6 is 0 Å². The number of rotatable bonds is 8. The lowest BCUT2D eigenvalue weighted by Gasteiger charge is -2.38. The van der Waals surface area contributed by atoms with E-state index in [0.29, 0.717) is 24.1 Å². The maximum absolute atomic E-state index is 13.6. The van der Waals surface area contributed by atoms with Crippen molar-refractivity contribution in [2.24, 2.45) is 0 Å². The van der Waals surface area contributed by atoms with Gasteiger partial charge >= 0.3 is 0 Å². The van der Waals surface area contributed by atoms with E-state index in [9.17, 15) is 4.79 Å². The number of ether oxygens (including phenoxy) is 2. The number of piperazine rings is 1. The summed E-state index contributed by atoms with van der Waals surface area (Å²) < 4.78 is 10.9. The van der Waals surface area contributed by atoms with Crippen molar-refractivity contribution < 1.29 is 14.3 Å². The zero-order valence-electron chi connectivity index (χ0n) is 20.3. The Morgan fingerprint density at radius 2 is 1.73 bits per heavy atom. The van der Waals surface area contributed by atoms with Crippen LogP contribution in [0.2, 0.25) is 0 Å². The Hall–Kier alpha value is -2.73. The maximum atomic E-state index is 13.6. The highest BCUT2D eigenvalue weighted by atomic mass is 16.5. The van der Waals surface area contributed by atoms with Crippen molar-refractivity contribution in [3.63, 3.8) is 0 Å². The molecule has 0 bridgehead atoms. The van der Waals surface area contributed by atoms with Crippen molar-refractivity contribution in [2.75, 3.05) is 45.3 Å². The molecule has 0 N–H and O–H groups in total. The Morgan fingerprint density at radius 3 is 2.36 bits per heavy atom. The van der Waals surface area contributed by atoms with E-state index in [-0.39, 0.29) is 11.9 Å². The number of nitrogens with zero attached hydrogens (tertiary/aromatic N) is 3. The van der Waals surface area contributed by atoms with Crippen LogP contribution in [0.4, 0.5) is 5.69 Å². The first-order valence-electron chi connectivity index (χ1n) is 11.9. The van der Waals surface area contributed by atoms with Crippen molar-refractivity contribution in [2.45, 2.75) is 45.3 Å².